The van der Waals surface area contributed by atoms with E-state index >= 15 is 0 Å². The van der Waals surface area contributed by atoms with Crippen LogP contribution < -0.4 is 9.47 Å². The molecule has 22 heavy (non-hydrogen) atoms. The van der Waals surface area contributed by atoms with Gasteiger partial charge in [0, 0.05) is 25.1 Å². The number of benzene rings is 1. The minimum Gasteiger partial charge on any atom is -0.481 e. The number of ether oxygens (including phenoxy) is 2. The van der Waals surface area contributed by atoms with Crippen molar-refractivity contribution in [2.24, 2.45) is 5.92 Å². The SMILES string of the molecule is O=C(O)CCC1CCCN(C(=O)c2ccc3c(c2)OCO3)C1. The van der Waals surface area contributed by atoms with E-state index in [-0.39, 0.29) is 25.0 Å². The van der Waals surface area contributed by atoms with E-state index < -0.39 is 5.97 Å². The molecule has 6 nitrogen and oxygen atoms in total. The largest absolute Gasteiger partial charge is 0.481 e. The Bertz CT molecular complexity index is 586. The number of fused-ring (bicyclic) bond motifs is 1. The Kier molecular flexibility index (Phi) is 4.18. The van der Waals surface area contributed by atoms with Gasteiger partial charge in [0.2, 0.25) is 6.79 Å². The molecule has 1 saturated heterocycles. The molecule has 1 N–H and O–H groups in total. The molecule has 1 aromatic carbocycles. The van der Waals surface area contributed by atoms with Gasteiger partial charge in [-0.15, -0.1) is 0 Å². The molecule has 0 saturated carbocycles. The molecule has 2 aliphatic heterocycles. The fourth-order valence-corrected chi connectivity index (χ4v) is 3.02. The number of carbonyl (C=O) groups excluding carboxylic acids is 1. The van der Waals surface area contributed by atoms with Crippen molar-refractivity contribution in [3.05, 3.63) is 23.8 Å². The average Bonchev–Trinajstić information content (AvgIpc) is 3.00. The number of piperidine rings is 1. The van der Waals surface area contributed by atoms with Gasteiger partial charge < -0.3 is 19.5 Å². The van der Waals surface area contributed by atoms with E-state index in [0.29, 0.717) is 30.0 Å². The van der Waals surface area contributed by atoms with Crippen LogP contribution in [-0.4, -0.2) is 41.8 Å². The zero-order valence-electron chi connectivity index (χ0n) is 12.3. The van der Waals surface area contributed by atoms with Crippen LogP contribution in [0.25, 0.3) is 0 Å². The first-order valence-electron chi connectivity index (χ1n) is 7.54. The van der Waals surface area contributed by atoms with E-state index in [1.165, 1.54) is 0 Å². The molecule has 0 spiro atoms. The Morgan fingerprint density at radius 3 is 2.91 bits per heavy atom. The Hall–Kier alpha value is -2.24. The van der Waals surface area contributed by atoms with Crippen LogP contribution in [0.2, 0.25) is 0 Å². The van der Waals surface area contributed by atoms with Gasteiger partial charge in [0.25, 0.3) is 5.91 Å². The zero-order valence-corrected chi connectivity index (χ0v) is 12.3. The lowest BCUT2D eigenvalue weighted by molar-refractivity contribution is -0.137. The first-order valence-corrected chi connectivity index (χ1v) is 7.54. The second-order valence-electron chi connectivity index (χ2n) is 5.76. The predicted molar refractivity (Wildman–Crippen MR) is 78.1 cm³/mol. The van der Waals surface area contributed by atoms with Crippen LogP contribution in [0.4, 0.5) is 0 Å². The quantitative estimate of drug-likeness (QED) is 0.922. The monoisotopic (exact) mass is 305 g/mol. The van der Waals surface area contributed by atoms with Crippen molar-refractivity contribution < 1.29 is 24.2 Å². The Morgan fingerprint density at radius 2 is 2.09 bits per heavy atom. The highest BCUT2D eigenvalue weighted by Crippen LogP contribution is 2.33. The first-order chi connectivity index (χ1) is 10.6. The highest BCUT2D eigenvalue weighted by atomic mass is 16.7. The lowest BCUT2D eigenvalue weighted by atomic mass is 9.93. The summed E-state index contributed by atoms with van der Waals surface area (Å²) in [5.41, 5.74) is 0.586. The van der Waals surface area contributed by atoms with Crippen molar-refractivity contribution in [3.63, 3.8) is 0 Å². The van der Waals surface area contributed by atoms with Gasteiger partial charge in [-0.1, -0.05) is 0 Å². The number of carboxylic acids is 1. The molecular weight excluding hydrogens is 286 g/mol. The standard InChI is InChI=1S/C16H19NO5/c18-15(19)6-3-11-2-1-7-17(9-11)16(20)12-4-5-13-14(8-12)22-10-21-13/h4-5,8,11H,1-3,6-7,9-10H2,(H,18,19). The Labute approximate surface area is 128 Å². The number of aliphatic carboxylic acids is 1. The lowest BCUT2D eigenvalue weighted by Gasteiger charge is -2.32. The molecule has 0 aromatic heterocycles. The topological polar surface area (TPSA) is 76.1 Å². The van der Waals surface area contributed by atoms with Crippen LogP contribution in [0, 0.1) is 5.92 Å². The highest BCUT2D eigenvalue weighted by Gasteiger charge is 2.26. The van der Waals surface area contributed by atoms with Crippen molar-refractivity contribution in [1.29, 1.82) is 0 Å². The maximum atomic E-state index is 12.6. The zero-order chi connectivity index (χ0) is 15.5. The van der Waals surface area contributed by atoms with Crippen molar-refractivity contribution in [1.82, 2.24) is 4.90 Å². The van der Waals surface area contributed by atoms with Crippen molar-refractivity contribution in [3.8, 4) is 11.5 Å². The molecular formula is C16H19NO5. The maximum absolute atomic E-state index is 12.6. The summed E-state index contributed by atoms with van der Waals surface area (Å²) in [7, 11) is 0. The molecule has 118 valence electrons. The molecule has 6 heteroatoms. The summed E-state index contributed by atoms with van der Waals surface area (Å²) in [4.78, 5) is 25.1. The van der Waals surface area contributed by atoms with Gasteiger partial charge in [-0.05, 0) is 43.4 Å². The number of carboxylic acid groups (broad SMARTS) is 1. The van der Waals surface area contributed by atoms with Crippen LogP contribution in [0.1, 0.15) is 36.0 Å². The third kappa shape index (κ3) is 3.16. The fraction of sp³-hybridized carbons (Fsp3) is 0.500. The average molecular weight is 305 g/mol. The molecule has 0 bridgehead atoms. The number of amides is 1. The molecule has 1 aromatic rings. The highest BCUT2D eigenvalue weighted by molar-refractivity contribution is 5.95. The summed E-state index contributed by atoms with van der Waals surface area (Å²) >= 11 is 0. The van der Waals surface area contributed by atoms with Crippen LogP contribution in [-0.2, 0) is 4.79 Å². The van der Waals surface area contributed by atoms with Crippen molar-refractivity contribution in [2.75, 3.05) is 19.9 Å². The summed E-state index contributed by atoms with van der Waals surface area (Å²) in [5.74, 6) is 0.722. The third-order valence-electron chi connectivity index (χ3n) is 4.19. The van der Waals surface area contributed by atoms with Crippen molar-refractivity contribution >= 4 is 11.9 Å². The van der Waals surface area contributed by atoms with E-state index in [2.05, 4.69) is 0 Å². The van der Waals surface area contributed by atoms with E-state index in [1.54, 1.807) is 18.2 Å². The molecule has 2 heterocycles. The first kappa shape index (κ1) is 14.7. The van der Waals surface area contributed by atoms with Gasteiger partial charge in [-0.25, -0.2) is 0 Å². The van der Waals surface area contributed by atoms with Gasteiger partial charge in [0.05, 0.1) is 0 Å². The molecule has 3 rings (SSSR count). The molecule has 1 fully saturated rings. The van der Waals surface area contributed by atoms with Gasteiger partial charge in [-0.2, -0.15) is 0 Å². The minimum atomic E-state index is -0.778. The maximum Gasteiger partial charge on any atom is 0.303 e. The molecule has 0 radical (unpaired) electrons. The number of nitrogens with zero attached hydrogens (tertiary/aromatic N) is 1. The lowest BCUT2D eigenvalue weighted by Crippen LogP contribution is -2.40. The fourth-order valence-electron chi connectivity index (χ4n) is 3.02. The minimum absolute atomic E-state index is 0.0293. The number of rotatable bonds is 4. The summed E-state index contributed by atoms with van der Waals surface area (Å²) in [6.45, 7) is 1.53. The molecule has 2 aliphatic rings. The predicted octanol–water partition coefficient (Wildman–Crippen LogP) is 2.13. The van der Waals surface area contributed by atoms with E-state index in [0.717, 1.165) is 19.4 Å². The van der Waals surface area contributed by atoms with E-state index in [9.17, 15) is 9.59 Å². The van der Waals surface area contributed by atoms with Gasteiger partial charge in [0.1, 0.15) is 0 Å². The second kappa shape index (κ2) is 6.25. The molecule has 1 unspecified atom stereocenters. The normalized spacial score (nSPS) is 20.0. The third-order valence-corrected chi connectivity index (χ3v) is 4.19. The molecule has 1 atom stereocenters. The van der Waals surface area contributed by atoms with Gasteiger partial charge in [0.15, 0.2) is 11.5 Å². The summed E-state index contributed by atoms with van der Waals surface area (Å²) in [6.07, 6.45) is 2.69. The summed E-state index contributed by atoms with van der Waals surface area (Å²) in [6, 6.07) is 5.21. The van der Waals surface area contributed by atoms with Crippen LogP contribution in [0.3, 0.4) is 0 Å². The van der Waals surface area contributed by atoms with Crippen LogP contribution in [0.15, 0.2) is 18.2 Å². The van der Waals surface area contributed by atoms with Gasteiger partial charge >= 0.3 is 5.97 Å². The van der Waals surface area contributed by atoms with Crippen molar-refractivity contribution in [2.45, 2.75) is 25.7 Å². The van der Waals surface area contributed by atoms with Crippen LogP contribution >= 0.6 is 0 Å². The van der Waals surface area contributed by atoms with Gasteiger partial charge in [-0.3, -0.25) is 9.59 Å². The van der Waals surface area contributed by atoms with E-state index in [4.69, 9.17) is 14.6 Å². The number of carbonyl (C=O) groups is 2. The summed E-state index contributed by atoms with van der Waals surface area (Å²) < 4.78 is 10.6. The van der Waals surface area contributed by atoms with Crippen LogP contribution in [0.5, 0.6) is 11.5 Å². The van der Waals surface area contributed by atoms with E-state index in [1.807, 2.05) is 4.90 Å². The smallest absolute Gasteiger partial charge is 0.303 e. The number of likely N-dealkylation sites (tertiary alicyclic amines) is 1. The number of hydrogen-bond donors (Lipinski definition) is 1. The molecule has 0 aliphatic carbocycles. The second-order valence-corrected chi connectivity index (χ2v) is 5.76. The molecule has 1 amide bonds. The Balaban J connectivity index is 1.65. The summed E-state index contributed by atoms with van der Waals surface area (Å²) in [5, 5.41) is 8.78. The number of hydrogen-bond acceptors (Lipinski definition) is 4. The Morgan fingerprint density at radius 1 is 1.27 bits per heavy atom.